The Balaban J connectivity index is 1.33. The van der Waals surface area contributed by atoms with Gasteiger partial charge in [-0.25, -0.2) is 0 Å². The molecule has 0 aliphatic carbocycles. The first-order valence-electron chi connectivity index (χ1n) is 12.1. The molecule has 36 heavy (non-hydrogen) atoms. The lowest BCUT2D eigenvalue weighted by Gasteiger charge is -2.19. The van der Waals surface area contributed by atoms with E-state index in [9.17, 15) is 4.79 Å². The fraction of sp³-hybridized carbons (Fsp3) is 0.250. The summed E-state index contributed by atoms with van der Waals surface area (Å²) in [5.41, 5.74) is 4.93. The number of hydrogen-bond donors (Lipinski definition) is 1. The molecule has 0 unspecified atom stereocenters. The average Bonchev–Trinajstić information content (AvgIpc) is 3.60. The minimum absolute atomic E-state index is 0.0810. The summed E-state index contributed by atoms with van der Waals surface area (Å²) in [4.78, 5) is 15.3. The molecule has 3 aromatic carbocycles. The van der Waals surface area contributed by atoms with Gasteiger partial charge in [-0.05, 0) is 67.8 Å². The van der Waals surface area contributed by atoms with Gasteiger partial charge in [0.1, 0.15) is 5.75 Å². The zero-order valence-corrected chi connectivity index (χ0v) is 21.3. The number of aryl methyl sites for hydroxylation is 1. The van der Waals surface area contributed by atoms with Gasteiger partial charge in [-0.15, -0.1) is 10.2 Å². The van der Waals surface area contributed by atoms with Gasteiger partial charge in [0.05, 0.1) is 12.9 Å². The Kier molecular flexibility index (Phi) is 7.23. The lowest BCUT2D eigenvalue weighted by Crippen LogP contribution is -2.18. The predicted molar refractivity (Wildman–Crippen MR) is 145 cm³/mol. The molecule has 1 saturated heterocycles. The van der Waals surface area contributed by atoms with Crippen molar-refractivity contribution in [2.24, 2.45) is 0 Å². The van der Waals surface area contributed by atoms with Crippen molar-refractivity contribution in [2.75, 3.05) is 36.2 Å². The van der Waals surface area contributed by atoms with Gasteiger partial charge in [-0.1, -0.05) is 42.1 Å². The Morgan fingerprint density at radius 3 is 2.53 bits per heavy atom. The molecular weight excluding hydrogens is 470 g/mol. The van der Waals surface area contributed by atoms with E-state index in [0.717, 1.165) is 41.3 Å². The highest BCUT2D eigenvalue weighted by molar-refractivity contribution is 7.99. The molecule has 1 aliphatic rings. The normalized spacial score (nSPS) is 13.1. The monoisotopic (exact) mass is 499 g/mol. The summed E-state index contributed by atoms with van der Waals surface area (Å²) >= 11 is 1.36. The maximum atomic E-state index is 12.9. The van der Waals surface area contributed by atoms with Gasteiger partial charge in [0.25, 0.3) is 0 Å². The number of benzene rings is 3. The molecule has 0 bridgehead atoms. The number of rotatable bonds is 8. The predicted octanol–water partition coefficient (Wildman–Crippen LogP) is 5.58. The number of ether oxygens (including phenoxy) is 1. The smallest absolute Gasteiger partial charge is 0.234 e. The standard InChI is InChI=1S/C28H29N5O2S/c1-20-17-23(32-15-6-7-16-32)13-14-25(20)29-26(34)19-36-28-31-30-27(21-9-8-12-24(18-21)35-2)33(28)22-10-4-3-5-11-22/h3-5,8-14,17-18H,6-7,15-16,19H2,1-2H3,(H,29,34). The second-order valence-corrected chi connectivity index (χ2v) is 9.68. The quantitative estimate of drug-likeness (QED) is 0.319. The molecule has 0 saturated carbocycles. The number of nitrogens with zero attached hydrogens (tertiary/aromatic N) is 4. The van der Waals surface area contributed by atoms with Gasteiger partial charge >= 0.3 is 0 Å². The molecule has 8 heteroatoms. The maximum Gasteiger partial charge on any atom is 0.234 e. The Bertz CT molecular complexity index is 1350. The number of methoxy groups -OCH3 is 1. The Morgan fingerprint density at radius 2 is 1.78 bits per heavy atom. The van der Waals surface area contributed by atoms with Crippen LogP contribution in [0.15, 0.2) is 78.0 Å². The van der Waals surface area contributed by atoms with Crippen molar-refractivity contribution in [3.05, 3.63) is 78.4 Å². The van der Waals surface area contributed by atoms with Crippen molar-refractivity contribution < 1.29 is 9.53 Å². The highest BCUT2D eigenvalue weighted by atomic mass is 32.2. The second kappa shape index (κ2) is 10.9. The number of hydrogen-bond acceptors (Lipinski definition) is 6. The number of nitrogens with one attached hydrogen (secondary N) is 1. The van der Waals surface area contributed by atoms with E-state index in [2.05, 4.69) is 32.5 Å². The Morgan fingerprint density at radius 1 is 0.972 bits per heavy atom. The van der Waals surface area contributed by atoms with Crippen molar-refractivity contribution in [3.63, 3.8) is 0 Å². The second-order valence-electron chi connectivity index (χ2n) is 8.74. The van der Waals surface area contributed by atoms with Crippen LogP contribution in [0.25, 0.3) is 17.1 Å². The first-order chi connectivity index (χ1) is 17.6. The number of para-hydroxylation sites is 1. The first kappa shape index (κ1) is 23.9. The average molecular weight is 500 g/mol. The topological polar surface area (TPSA) is 72.3 Å². The van der Waals surface area contributed by atoms with Crippen LogP contribution in [0, 0.1) is 6.92 Å². The summed E-state index contributed by atoms with van der Waals surface area (Å²) in [5.74, 6) is 1.57. The SMILES string of the molecule is COc1cccc(-c2nnc(SCC(=O)Nc3ccc(N4CCCC4)cc3C)n2-c2ccccc2)c1. The van der Waals surface area contributed by atoms with Crippen molar-refractivity contribution in [2.45, 2.75) is 24.9 Å². The lowest BCUT2D eigenvalue weighted by molar-refractivity contribution is -0.113. The van der Waals surface area contributed by atoms with Crippen LogP contribution in [-0.2, 0) is 4.79 Å². The fourth-order valence-corrected chi connectivity index (χ4v) is 5.15. The first-order valence-corrected chi connectivity index (χ1v) is 13.0. The van der Waals surface area contributed by atoms with Crippen molar-refractivity contribution in [1.29, 1.82) is 0 Å². The summed E-state index contributed by atoms with van der Waals surface area (Å²) in [7, 11) is 1.64. The number of aromatic nitrogens is 3. The Labute approximate surface area is 215 Å². The van der Waals surface area contributed by atoms with Crippen LogP contribution in [0.5, 0.6) is 5.75 Å². The third-order valence-electron chi connectivity index (χ3n) is 6.26. The van der Waals surface area contributed by atoms with Crippen LogP contribution in [0.3, 0.4) is 0 Å². The van der Waals surface area contributed by atoms with Gasteiger partial charge in [-0.3, -0.25) is 9.36 Å². The molecule has 5 rings (SSSR count). The summed E-state index contributed by atoms with van der Waals surface area (Å²) in [6, 6.07) is 23.9. The summed E-state index contributed by atoms with van der Waals surface area (Å²) in [5, 5.41) is 12.6. The molecule has 0 radical (unpaired) electrons. The fourth-order valence-electron chi connectivity index (χ4n) is 4.40. The molecule has 4 aromatic rings. The van der Waals surface area contributed by atoms with Crippen LogP contribution in [0.2, 0.25) is 0 Å². The molecule has 1 amide bonds. The van der Waals surface area contributed by atoms with E-state index < -0.39 is 0 Å². The Hall–Kier alpha value is -3.78. The number of carbonyl (C=O) groups is 1. The maximum absolute atomic E-state index is 12.9. The number of anilines is 2. The number of carbonyl (C=O) groups excluding carboxylic acids is 1. The number of thioether (sulfide) groups is 1. The molecule has 0 atom stereocenters. The lowest BCUT2D eigenvalue weighted by atomic mass is 10.1. The van der Waals surface area contributed by atoms with E-state index >= 15 is 0 Å². The van der Waals surface area contributed by atoms with Crippen LogP contribution >= 0.6 is 11.8 Å². The van der Waals surface area contributed by atoms with Gasteiger partial charge < -0.3 is 15.0 Å². The molecule has 1 aromatic heterocycles. The van der Waals surface area contributed by atoms with Crippen molar-refractivity contribution in [3.8, 4) is 22.8 Å². The molecular formula is C28H29N5O2S. The minimum atomic E-state index is -0.0810. The summed E-state index contributed by atoms with van der Waals surface area (Å²) < 4.78 is 7.37. The summed E-state index contributed by atoms with van der Waals surface area (Å²) in [6.07, 6.45) is 2.48. The van der Waals surface area contributed by atoms with E-state index in [1.807, 2.05) is 72.2 Å². The summed E-state index contributed by atoms with van der Waals surface area (Å²) in [6.45, 7) is 4.23. The van der Waals surface area contributed by atoms with Crippen LogP contribution in [0.4, 0.5) is 11.4 Å². The van der Waals surface area contributed by atoms with Crippen molar-refractivity contribution in [1.82, 2.24) is 14.8 Å². The van der Waals surface area contributed by atoms with E-state index in [1.165, 1.54) is 30.3 Å². The molecule has 1 aliphatic heterocycles. The van der Waals surface area contributed by atoms with Crippen LogP contribution in [-0.4, -0.2) is 46.6 Å². The van der Waals surface area contributed by atoms with Crippen LogP contribution in [0.1, 0.15) is 18.4 Å². The van der Waals surface area contributed by atoms with Gasteiger partial charge in [0.2, 0.25) is 5.91 Å². The van der Waals surface area contributed by atoms with E-state index in [0.29, 0.717) is 11.0 Å². The number of amides is 1. The highest BCUT2D eigenvalue weighted by Gasteiger charge is 2.18. The molecule has 1 N–H and O–H groups in total. The molecule has 184 valence electrons. The zero-order chi connectivity index (χ0) is 24.9. The van der Waals surface area contributed by atoms with Gasteiger partial charge in [0.15, 0.2) is 11.0 Å². The van der Waals surface area contributed by atoms with E-state index in [-0.39, 0.29) is 11.7 Å². The minimum Gasteiger partial charge on any atom is -0.497 e. The van der Waals surface area contributed by atoms with Crippen molar-refractivity contribution >= 4 is 29.0 Å². The van der Waals surface area contributed by atoms with E-state index in [1.54, 1.807) is 7.11 Å². The molecule has 1 fully saturated rings. The van der Waals surface area contributed by atoms with E-state index in [4.69, 9.17) is 4.74 Å². The third-order valence-corrected chi connectivity index (χ3v) is 7.19. The largest absolute Gasteiger partial charge is 0.497 e. The van der Waals surface area contributed by atoms with Gasteiger partial charge in [-0.2, -0.15) is 0 Å². The molecule has 0 spiro atoms. The third kappa shape index (κ3) is 5.23. The van der Waals surface area contributed by atoms with Gasteiger partial charge in [0, 0.05) is 35.7 Å². The molecule has 7 nitrogen and oxygen atoms in total. The molecule has 2 heterocycles. The zero-order valence-electron chi connectivity index (χ0n) is 20.5. The van der Waals surface area contributed by atoms with Crippen LogP contribution < -0.4 is 15.0 Å². The highest BCUT2D eigenvalue weighted by Crippen LogP contribution is 2.30.